The third-order valence-corrected chi connectivity index (χ3v) is 2.94. The summed E-state index contributed by atoms with van der Waals surface area (Å²) in [6, 6.07) is 9.86. The molecular formula is C15H20N4O. The average molecular weight is 272 g/mol. The third kappa shape index (κ3) is 3.68. The molecule has 0 atom stereocenters. The van der Waals surface area contributed by atoms with Gasteiger partial charge in [-0.05, 0) is 19.5 Å². The molecule has 1 aromatic heterocycles. The van der Waals surface area contributed by atoms with Crippen molar-refractivity contribution in [1.82, 2.24) is 9.97 Å². The lowest BCUT2D eigenvalue weighted by Gasteiger charge is -2.11. The van der Waals surface area contributed by atoms with E-state index >= 15 is 0 Å². The predicted molar refractivity (Wildman–Crippen MR) is 79.8 cm³/mol. The van der Waals surface area contributed by atoms with Crippen LogP contribution in [0.25, 0.3) is 0 Å². The van der Waals surface area contributed by atoms with Crippen molar-refractivity contribution in [2.24, 2.45) is 5.73 Å². The molecule has 0 fully saturated rings. The van der Waals surface area contributed by atoms with Gasteiger partial charge in [-0.15, -0.1) is 0 Å². The van der Waals surface area contributed by atoms with Crippen LogP contribution in [-0.2, 0) is 13.0 Å². The van der Waals surface area contributed by atoms with Crippen LogP contribution in [0.5, 0.6) is 5.75 Å². The molecule has 0 saturated carbocycles. The first-order valence-corrected chi connectivity index (χ1v) is 6.63. The standard InChI is InChI=1S/C15H20N4O/c1-11-18-13(7-8-16)9-15(19-11)17-10-12-5-3-4-6-14(12)20-2/h3-6,9H,7-8,10,16H2,1-2H3,(H,17,18,19). The van der Waals surface area contributed by atoms with E-state index in [4.69, 9.17) is 10.5 Å². The minimum absolute atomic E-state index is 0.586. The van der Waals surface area contributed by atoms with Crippen LogP contribution < -0.4 is 15.8 Å². The van der Waals surface area contributed by atoms with E-state index in [-0.39, 0.29) is 0 Å². The zero-order valence-corrected chi connectivity index (χ0v) is 11.9. The predicted octanol–water partition coefficient (Wildman–Crippen LogP) is 1.91. The quantitative estimate of drug-likeness (QED) is 0.840. The third-order valence-electron chi connectivity index (χ3n) is 2.94. The highest BCUT2D eigenvalue weighted by molar-refractivity contribution is 5.40. The minimum atomic E-state index is 0.586. The Balaban J connectivity index is 2.10. The SMILES string of the molecule is COc1ccccc1CNc1cc(CCN)nc(C)n1. The van der Waals surface area contributed by atoms with E-state index in [1.807, 2.05) is 37.3 Å². The summed E-state index contributed by atoms with van der Waals surface area (Å²) in [5, 5.41) is 3.30. The fourth-order valence-electron chi connectivity index (χ4n) is 2.03. The lowest BCUT2D eigenvalue weighted by molar-refractivity contribution is 0.410. The van der Waals surface area contributed by atoms with Crippen LogP contribution in [0.4, 0.5) is 5.82 Å². The molecule has 0 amide bonds. The molecule has 20 heavy (non-hydrogen) atoms. The Hall–Kier alpha value is -2.14. The summed E-state index contributed by atoms with van der Waals surface area (Å²) in [6.45, 7) is 3.12. The molecule has 0 aliphatic carbocycles. The fraction of sp³-hybridized carbons (Fsp3) is 0.333. The maximum atomic E-state index is 5.57. The topological polar surface area (TPSA) is 73.1 Å². The van der Waals surface area contributed by atoms with Crippen molar-refractivity contribution in [3.8, 4) is 5.75 Å². The van der Waals surface area contributed by atoms with E-state index in [2.05, 4.69) is 15.3 Å². The van der Waals surface area contributed by atoms with E-state index in [1.165, 1.54) is 0 Å². The first-order chi connectivity index (χ1) is 9.72. The Morgan fingerprint density at radius 1 is 1.25 bits per heavy atom. The molecule has 0 aliphatic heterocycles. The first-order valence-electron chi connectivity index (χ1n) is 6.63. The molecule has 0 saturated heterocycles. The molecule has 106 valence electrons. The number of hydrogen-bond donors (Lipinski definition) is 2. The van der Waals surface area contributed by atoms with E-state index in [9.17, 15) is 0 Å². The summed E-state index contributed by atoms with van der Waals surface area (Å²) in [5.41, 5.74) is 7.62. The van der Waals surface area contributed by atoms with Gasteiger partial charge in [0.1, 0.15) is 17.4 Å². The average Bonchev–Trinajstić information content (AvgIpc) is 2.45. The second kappa shape index (κ2) is 6.86. The normalized spacial score (nSPS) is 10.3. The monoisotopic (exact) mass is 272 g/mol. The van der Waals surface area contributed by atoms with E-state index in [0.717, 1.165) is 35.1 Å². The number of methoxy groups -OCH3 is 1. The van der Waals surface area contributed by atoms with Crippen LogP contribution in [0.1, 0.15) is 17.1 Å². The molecule has 1 aromatic carbocycles. The molecule has 2 rings (SSSR count). The van der Waals surface area contributed by atoms with Crippen molar-refractivity contribution in [2.45, 2.75) is 19.9 Å². The Bertz CT molecular complexity index is 572. The molecular weight excluding hydrogens is 252 g/mol. The van der Waals surface area contributed by atoms with Crippen molar-refractivity contribution >= 4 is 5.82 Å². The van der Waals surface area contributed by atoms with E-state index in [1.54, 1.807) is 7.11 Å². The number of hydrogen-bond acceptors (Lipinski definition) is 5. The number of anilines is 1. The molecule has 0 radical (unpaired) electrons. The van der Waals surface area contributed by atoms with Gasteiger partial charge in [-0.3, -0.25) is 0 Å². The number of nitrogens with two attached hydrogens (primary N) is 1. The van der Waals surface area contributed by atoms with Crippen molar-refractivity contribution in [3.05, 3.63) is 47.4 Å². The molecule has 5 nitrogen and oxygen atoms in total. The Labute approximate surface area is 119 Å². The fourth-order valence-corrected chi connectivity index (χ4v) is 2.03. The molecule has 0 spiro atoms. The van der Waals surface area contributed by atoms with Crippen molar-refractivity contribution in [2.75, 3.05) is 19.0 Å². The van der Waals surface area contributed by atoms with Gasteiger partial charge in [0.15, 0.2) is 0 Å². The van der Waals surface area contributed by atoms with Gasteiger partial charge in [-0.25, -0.2) is 9.97 Å². The lowest BCUT2D eigenvalue weighted by atomic mass is 10.2. The molecule has 0 unspecified atom stereocenters. The molecule has 3 N–H and O–H groups in total. The van der Waals surface area contributed by atoms with E-state index in [0.29, 0.717) is 13.1 Å². The zero-order valence-electron chi connectivity index (χ0n) is 11.9. The summed E-state index contributed by atoms with van der Waals surface area (Å²) < 4.78 is 5.33. The van der Waals surface area contributed by atoms with Gasteiger partial charge in [-0.1, -0.05) is 18.2 Å². The lowest BCUT2D eigenvalue weighted by Crippen LogP contribution is -2.09. The maximum absolute atomic E-state index is 5.57. The van der Waals surface area contributed by atoms with E-state index < -0.39 is 0 Å². The van der Waals surface area contributed by atoms with Crippen LogP contribution in [0, 0.1) is 6.92 Å². The number of ether oxygens (including phenoxy) is 1. The van der Waals surface area contributed by atoms with Crippen molar-refractivity contribution in [3.63, 3.8) is 0 Å². The van der Waals surface area contributed by atoms with Crippen molar-refractivity contribution in [1.29, 1.82) is 0 Å². The smallest absolute Gasteiger partial charge is 0.130 e. The largest absolute Gasteiger partial charge is 0.496 e. The van der Waals surface area contributed by atoms with Crippen LogP contribution in [0.2, 0.25) is 0 Å². The number of aromatic nitrogens is 2. The summed E-state index contributed by atoms with van der Waals surface area (Å²) in [4.78, 5) is 8.74. The summed E-state index contributed by atoms with van der Waals surface area (Å²) in [5.74, 6) is 2.43. The number of nitrogens with one attached hydrogen (secondary N) is 1. The highest BCUT2D eigenvalue weighted by Crippen LogP contribution is 2.18. The van der Waals surface area contributed by atoms with Gasteiger partial charge < -0.3 is 15.8 Å². The van der Waals surface area contributed by atoms with Gasteiger partial charge in [0.2, 0.25) is 0 Å². The Morgan fingerprint density at radius 2 is 2.05 bits per heavy atom. The van der Waals surface area contributed by atoms with Gasteiger partial charge >= 0.3 is 0 Å². The number of rotatable bonds is 6. The van der Waals surface area contributed by atoms with Gasteiger partial charge in [-0.2, -0.15) is 0 Å². The van der Waals surface area contributed by atoms with Crippen LogP contribution in [0.3, 0.4) is 0 Å². The molecule has 0 bridgehead atoms. The highest BCUT2D eigenvalue weighted by atomic mass is 16.5. The summed E-state index contributed by atoms with van der Waals surface area (Å²) in [7, 11) is 1.67. The molecule has 1 heterocycles. The van der Waals surface area contributed by atoms with Crippen molar-refractivity contribution < 1.29 is 4.74 Å². The number of para-hydroxylation sites is 1. The highest BCUT2D eigenvalue weighted by Gasteiger charge is 2.04. The Morgan fingerprint density at radius 3 is 2.80 bits per heavy atom. The van der Waals surface area contributed by atoms with Crippen LogP contribution in [-0.4, -0.2) is 23.6 Å². The summed E-state index contributed by atoms with van der Waals surface area (Å²) >= 11 is 0. The second-order valence-corrected chi connectivity index (χ2v) is 4.50. The van der Waals surface area contributed by atoms with Gasteiger partial charge in [0.25, 0.3) is 0 Å². The van der Waals surface area contributed by atoms with Gasteiger partial charge in [0, 0.05) is 30.3 Å². The minimum Gasteiger partial charge on any atom is -0.496 e. The zero-order chi connectivity index (χ0) is 14.4. The second-order valence-electron chi connectivity index (χ2n) is 4.50. The first kappa shape index (κ1) is 14.3. The maximum Gasteiger partial charge on any atom is 0.130 e. The molecule has 5 heteroatoms. The van der Waals surface area contributed by atoms with Crippen LogP contribution >= 0.6 is 0 Å². The number of nitrogens with zero attached hydrogens (tertiary/aromatic N) is 2. The van der Waals surface area contributed by atoms with Gasteiger partial charge in [0.05, 0.1) is 7.11 Å². The number of aryl methyl sites for hydroxylation is 1. The molecule has 0 aliphatic rings. The summed E-state index contributed by atoms with van der Waals surface area (Å²) in [6.07, 6.45) is 0.757. The van der Waals surface area contributed by atoms with Crippen LogP contribution in [0.15, 0.2) is 30.3 Å². The molecule has 2 aromatic rings. The Kier molecular flexibility index (Phi) is 4.90. The number of benzene rings is 1.